The van der Waals surface area contributed by atoms with E-state index in [9.17, 15) is 4.79 Å². The number of rotatable bonds is 6. The third kappa shape index (κ3) is 5.01. The van der Waals surface area contributed by atoms with Crippen molar-refractivity contribution in [2.45, 2.75) is 33.6 Å². The van der Waals surface area contributed by atoms with Crippen LogP contribution in [0, 0.1) is 13.8 Å². The summed E-state index contributed by atoms with van der Waals surface area (Å²) in [5.41, 5.74) is 4.31. The van der Waals surface area contributed by atoms with Crippen molar-refractivity contribution in [3.8, 4) is 5.75 Å². The minimum absolute atomic E-state index is 0.219. The number of aryl methyl sites for hydroxylation is 1. The third-order valence-corrected chi connectivity index (χ3v) is 4.03. The number of carbonyl (C=O) groups is 1. The van der Waals surface area contributed by atoms with Gasteiger partial charge in [-0.2, -0.15) is 0 Å². The molecule has 0 fully saturated rings. The highest BCUT2D eigenvalue weighted by molar-refractivity contribution is 5.90. The average molecular weight is 326 g/mol. The number of hydrogen-bond donors (Lipinski definition) is 2. The second kappa shape index (κ2) is 8.39. The van der Waals surface area contributed by atoms with E-state index < -0.39 is 0 Å². The molecular formula is C20H26N2O2. The van der Waals surface area contributed by atoms with Crippen LogP contribution in [0.4, 0.5) is 10.5 Å². The molecule has 2 aromatic rings. The number of carbonyl (C=O) groups excluding carboxylic acids is 1. The molecule has 128 valence electrons. The van der Waals surface area contributed by atoms with Gasteiger partial charge in [0.15, 0.2) is 0 Å². The summed E-state index contributed by atoms with van der Waals surface area (Å²) in [5.74, 6) is 1.30. The van der Waals surface area contributed by atoms with E-state index in [2.05, 4.69) is 30.5 Å². The van der Waals surface area contributed by atoms with Gasteiger partial charge in [0.25, 0.3) is 0 Å². The van der Waals surface area contributed by atoms with Crippen LogP contribution in [0.3, 0.4) is 0 Å². The Bertz CT molecular complexity index is 696. The Balaban J connectivity index is 1.77. The minimum Gasteiger partial charge on any atom is -0.492 e. The van der Waals surface area contributed by atoms with Crippen LogP contribution in [0.2, 0.25) is 0 Å². The zero-order valence-electron chi connectivity index (χ0n) is 14.8. The molecule has 0 aliphatic heterocycles. The fraction of sp³-hybridized carbons (Fsp3) is 0.350. The van der Waals surface area contributed by atoms with Crippen molar-refractivity contribution < 1.29 is 9.53 Å². The van der Waals surface area contributed by atoms with Crippen molar-refractivity contribution >= 4 is 11.7 Å². The van der Waals surface area contributed by atoms with Gasteiger partial charge in [-0.25, -0.2) is 4.79 Å². The molecule has 0 radical (unpaired) electrons. The molecule has 2 amide bonds. The molecule has 0 atom stereocenters. The van der Waals surface area contributed by atoms with Gasteiger partial charge in [0, 0.05) is 5.69 Å². The SMILES string of the molecule is Cc1cccc(NC(=O)NCCOc2cccc(C(C)C)c2)c1C. The Hall–Kier alpha value is -2.49. The van der Waals surface area contributed by atoms with Gasteiger partial charge in [-0.05, 0) is 54.7 Å². The van der Waals surface area contributed by atoms with Crippen LogP contribution in [-0.2, 0) is 0 Å². The topological polar surface area (TPSA) is 50.4 Å². The Kier molecular flexibility index (Phi) is 6.24. The molecule has 24 heavy (non-hydrogen) atoms. The summed E-state index contributed by atoms with van der Waals surface area (Å²) in [6.45, 7) is 9.20. The molecule has 0 aliphatic carbocycles. The number of amides is 2. The molecule has 4 nitrogen and oxygen atoms in total. The minimum atomic E-state index is -0.219. The molecule has 0 unspecified atom stereocenters. The van der Waals surface area contributed by atoms with Gasteiger partial charge in [-0.1, -0.05) is 38.1 Å². The van der Waals surface area contributed by atoms with Gasteiger partial charge in [0.05, 0.1) is 6.54 Å². The van der Waals surface area contributed by atoms with E-state index in [1.807, 2.05) is 50.2 Å². The third-order valence-electron chi connectivity index (χ3n) is 4.03. The standard InChI is InChI=1S/C20H26N2O2/c1-14(2)17-8-6-9-18(13-17)24-12-11-21-20(23)22-19-10-5-7-15(3)16(19)4/h5-10,13-14H,11-12H2,1-4H3,(H2,21,22,23). The summed E-state index contributed by atoms with van der Waals surface area (Å²) in [4.78, 5) is 12.0. The lowest BCUT2D eigenvalue weighted by atomic mass is 10.0. The van der Waals surface area contributed by atoms with E-state index in [1.54, 1.807) is 0 Å². The van der Waals surface area contributed by atoms with Gasteiger partial charge in [0.1, 0.15) is 12.4 Å². The van der Waals surface area contributed by atoms with Crippen molar-refractivity contribution in [2.75, 3.05) is 18.5 Å². The van der Waals surface area contributed by atoms with Crippen LogP contribution in [0.25, 0.3) is 0 Å². The first kappa shape index (κ1) is 17.9. The summed E-state index contributed by atoms with van der Waals surface area (Å²) in [7, 11) is 0. The number of urea groups is 1. The molecule has 0 bridgehead atoms. The Morgan fingerprint density at radius 3 is 2.62 bits per heavy atom. The van der Waals surface area contributed by atoms with E-state index in [1.165, 1.54) is 5.56 Å². The summed E-state index contributed by atoms with van der Waals surface area (Å²) in [5, 5.41) is 5.68. The molecule has 0 aromatic heterocycles. The molecule has 2 aromatic carbocycles. The molecule has 0 aliphatic rings. The molecule has 2 N–H and O–H groups in total. The number of hydrogen-bond acceptors (Lipinski definition) is 2. The Morgan fingerprint density at radius 2 is 1.88 bits per heavy atom. The highest BCUT2D eigenvalue weighted by atomic mass is 16.5. The lowest BCUT2D eigenvalue weighted by molar-refractivity contribution is 0.247. The molecular weight excluding hydrogens is 300 g/mol. The summed E-state index contributed by atoms with van der Waals surface area (Å²) in [6, 6.07) is 13.7. The first-order valence-corrected chi connectivity index (χ1v) is 8.31. The fourth-order valence-corrected chi connectivity index (χ4v) is 2.35. The second-order valence-electron chi connectivity index (χ2n) is 6.20. The van der Waals surface area contributed by atoms with Gasteiger partial charge < -0.3 is 15.4 Å². The van der Waals surface area contributed by atoms with Crippen molar-refractivity contribution in [3.05, 3.63) is 59.2 Å². The molecule has 0 spiro atoms. The second-order valence-corrected chi connectivity index (χ2v) is 6.20. The van der Waals surface area contributed by atoms with E-state index in [4.69, 9.17) is 4.74 Å². The maximum atomic E-state index is 12.0. The molecule has 0 saturated carbocycles. The van der Waals surface area contributed by atoms with Crippen LogP contribution in [0.5, 0.6) is 5.75 Å². The lowest BCUT2D eigenvalue weighted by Crippen LogP contribution is -2.32. The van der Waals surface area contributed by atoms with E-state index in [0.717, 1.165) is 22.6 Å². The number of nitrogens with one attached hydrogen (secondary N) is 2. The predicted octanol–water partition coefficient (Wildman–Crippen LogP) is 4.63. The van der Waals surface area contributed by atoms with Gasteiger partial charge in [-0.15, -0.1) is 0 Å². The molecule has 2 rings (SSSR count). The van der Waals surface area contributed by atoms with Gasteiger partial charge in [-0.3, -0.25) is 0 Å². The van der Waals surface area contributed by atoms with Crippen molar-refractivity contribution in [2.24, 2.45) is 0 Å². The van der Waals surface area contributed by atoms with Crippen LogP contribution >= 0.6 is 0 Å². The molecule has 4 heteroatoms. The van der Waals surface area contributed by atoms with Crippen LogP contribution in [0.15, 0.2) is 42.5 Å². The maximum Gasteiger partial charge on any atom is 0.319 e. The average Bonchev–Trinajstić information content (AvgIpc) is 2.56. The van der Waals surface area contributed by atoms with E-state index in [0.29, 0.717) is 19.1 Å². The van der Waals surface area contributed by atoms with Crippen LogP contribution in [0.1, 0.15) is 36.5 Å². The van der Waals surface area contributed by atoms with Crippen molar-refractivity contribution in [1.29, 1.82) is 0 Å². The highest BCUT2D eigenvalue weighted by Crippen LogP contribution is 2.20. The van der Waals surface area contributed by atoms with Gasteiger partial charge >= 0.3 is 6.03 Å². The molecule has 0 heterocycles. The normalized spacial score (nSPS) is 10.5. The summed E-state index contributed by atoms with van der Waals surface area (Å²) >= 11 is 0. The van der Waals surface area contributed by atoms with Crippen molar-refractivity contribution in [3.63, 3.8) is 0 Å². The predicted molar refractivity (Wildman–Crippen MR) is 99.0 cm³/mol. The first-order valence-electron chi connectivity index (χ1n) is 8.31. The van der Waals surface area contributed by atoms with Gasteiger partial charge in [0.2, 0.25) is 0 Å². The Morgan fingerprint density at radius 1 is 1.12 bits per heavy atom. The first-order chi connectivity index (χ1) is 11.5. The van der Waals surface area contributed by atoms with Crippen LogP contribution in [-0.4, -0.2) is 19.2 Å². The lowest BCUT2D eigenvalue weighted by Gasteiger charge is -2.12. The molecule has 0 saturated heterocycles. The maximum absolute atomic E-state index is 12.0. The zero-order chi connectivity index (χ0) is 17.5. The number of ether oxygens (including phenoxy) is 1. The largest absolute Gasteiger partial charge is 0.492 e. The quantitative estimate of drug-likeness (QED) is 0.761. The monoisotopic (exact) mass is 326 g/mol. The number of benzene rings is 2. The van der Waals surface area contributed by atoms with Crippen LogP contribution < -0.4 is 15.4 Å². The van der Waals surface area contributed by atoms with Crippen molar-refractivity contribution in [1.82, 2.24) is 5.32 Å². The smallest absolute Gasteiger partial charge is 0.319 e. The highest BCUT2D eigenvalue weighted by Gasteiger charge is 2.05. The zero-order valence-corrected chi connectivity index (χ0v) is 14.8. The van der Waals surface area contributed by atoms with E-state index in [-0.39, 0.29) is 6.03 Å². The fourth-order valence-electron chi connectivity index (χ4n) is 2.35. The van der Waals surface area contributed by atoms with E-state index >= 15 is 0 Å². The number of anilines is 1. The summed E-state index contributed by atoms with van der Waals surface area (Å²) < 4.78 is 5.70. The summed E-state index contributed by atoms with van der Waals surface area (Å²) in [6.07, 6.45) is 0. The Labute approximate surface area is 144 Å².